The molecular weight excluding hydrogens is 276 g/mol. The second-order valence-corrected chi connectivity index (χ2v) is 6.19. The fourth-order valence-corrected chi connectivity index (χ4v) is 3.17. The Kier molecular flexibility index (Phi) is 6.40. The number of hydrogen-bond acceptors (Lipinski definition) is 3. The fourth-order valence-electron chi connectivity index (χ4n) is 3.17. The number of carbonyl (C=O) groups excluding carboxylic acids is 1. The third-order valence-electron chi connectivity index (χ3n) is 4.57. The molecule has 4 nitrogen and oxygen atoms in total. The van der Waals surface area contributed by atoms with E-state index < -0.39 is 0 Å². The summed E-state index contributed by atoms with van der Waals surface area (Å²) >= 11 is 0. The summed E-state index contributed by atoms with van der Waals surface area (Å²) in [4.78, 5) is 14.4. The van der Waals surface area contributed by atoms with Crippen LogP contribution in [0, 0.1) is 6.92 Å². The average molecular weight is 304 g/mol. The van der Waals surface area contributed by atoms with E-state index in [1.54, 1.807) is 0 Å². The van der Waals surface area contributed by atoms with E-state index in [1.165, 1.54) is 6.42 Å². The third-order valence-corrected chi connectivity index (χ3v) is 4.57. The van der Waals surface area contributed by atoms with Gasteiger partial charge in [-0.1, -0.05) is 31.5 Å². The molecule has 1 aliphatic rings. The first kappa shape index (κ1) is 17.0. The van der Waals surface area contributed by atoms with Crippen LogP contribution in [0.25, 0.3) is 0 Å². The highest BCUT2D eigenvalue weighted by atomic mass is 16.3. The second-order valence-electron chi connectivity index (χ2n) is 6.19. The van der Waals surface area contributed by atoms with Gasteiger partial charge in [-0.3, -0.25) is 9.69 Å². The summed E-state index contributed by atoms with van der Waals surface area (Å²) in [7, 11) is 0. The van der Waals surface area contributed by atoms with Crippen LogP contribution in [-0.2, 0) is 4.79 Å². The predicted octanol–water partition coefficient (Wildman–Crippen LogP) is 2.95. The van der Waals surface area contributed by atoms with E-state index in [0.29, 0.717) is 6.42 Å². The lowest BCUT2D eigenvalue weighted by atomic mass is 9.95. The molecule has 2 N–H and O–H groups in total. The molecule has 0 bridgehead atoms. The maximum Gasteiger partial charge on any atom is 0.225 e. The van der Waals surface area contributed by atoms with Gasteiger partial charge < -0.3 is 10.4 Å². The Morgan fingerprint density at radius 1 is 1.41 bits per heavy atom. The third kappa shape index (κ3) is 4.55. The molecule has 0 radical (unpaired) electrons. The van der Waals surface area contributed by atoms with Crippen molar-refractivity contribution in [2.45, 2.75) is 58.1 Å². The summed E-state index contributed by atoms with van der Waals surface area (Å²) in [5.41, 5.74) is 1.96. The topological polar surface area (TPSA) is 52.6 Å². The number of nitrogens with zero attached hydrogens (tertiary/aromatic N) is 1. The molecule has 4 heteroatoms. The van der Waals surface area contributed by atoms with E-state index in [1.807, 2.05) is 38.1 Å². The quantitative estimate of drug-likeness (QED) is 0.849. The van der Waals surface area contributed by atoms with E-state index >= 15 is 0 Å². The zero-order chi connectivity index (χ0) is 15.9. The number of aliphatic hydroxyl groups excluding tert-OH is 1. The molecule has 0 aromatic heterocycles. The normalized spacial score (nSPS) is 20.6. The molecule has 0 aliphatic carbocycles. The molecule has 2 unspecified atom stereocenters. The SMILES string of the molecule is CCC(O)C1CCCCN1CCC(=O)Nc1ccccc1C. The lowest BCUT2D eigenvalue weighted by molar-refractivity contribution is -0.117. The summed E-state index contributed by atoms with van der Waals surface area (Å²) in [6, 6.07) is 8.03. The van der Waals surface area contributed by atoms with Crippen LogP contribution in [-0.4, -0.2) is 41.1 Å². The van der Waals surface area contributed by atoms with Crippen LogP contribution in [0.1, 0.15) is 44.6 Å². The van der Waals surface area contributed by atoms with Gasteiger partial charge in [0, 0.05) is 24.7 Å². The number of benzene rings is 1. The number of aliphatic hydroxyl groups is 1. The molecule has 1 amide bonds. The summed E-state index contributed by atoms with van der Waals surface area (Å²) in [6.45, 7) is 5.72. The van der Waals surface area contributed by atoms with Crippen molar-refractivity contribution in [1.29, 1.82) is 0 Å². The van der Waals surface area contributed by atoms with Crippen LogP contribution in [0.2, 0.25) is 0 Å². The van der Waals surface area contributed by atoms with Gasteiger partial charge in [0.2, 0.25) is 5.91 Å². The number of aryl methyl sites for hydroxylation is 1. The summed E-state index contributed by atoms with van der Waals surface area (Å²) < 4.78 is 0. The van der Waals surface area contributed by atoms with E-state index in [9.17, 15) is 9.90 Å². The van der Waals surface area contributed by atoms with Crippen molar-refractivity contribution < 1.29 is 9.90 Å². The predicted molar refractivity (Wildman–Crippen MR) is 89.9 cm³/mol. The maximum absolute atomic E-state index is 12.2. The lowest BCUT2D eigenvalue weighted by Gasteiger charge is -2.38. The maximum atomic E-state index is 12.2. The van der Waals surface area contributed by atoms with E-state index in [2.05, 4.69) is 10.2 Å². The van der Waals surface area contributed by atoms with Gasteiger partial charge in [-0.15, -0.1) is 0 Å². The molecule has 1 aliphatic heterocycles. The van der Waals surface area contributed by atoms with Gasteiger partial charge in [0.1, 0.15) is 0 Å². The monoisotopic (exact) mass is 304 g/mol. The number of carbonyl (C=O) groups is 1. The molecule has 0 spiro atoms. The van der Waals surface area contributed by atoms with Crippen LogP contribution < -0.4 is 5.32 Å². The molecular formula is C18H28N2O2. The molecule has 1 heterocycles. The van der Waals surface area contributed by atoms with Crippen molar-refractivity contribution in [3.8, 4) is 0 Å². The smallest absolute Gasteiger partial charge is 0.225 e. The highest BCUT2D eigenvalue weighted by Gasteiger charge is 2.27. The van der Waals surface area contributed by atoms with Gasteiger partial charge in [0.15, 0.2) is 0 Å². The Morgan fingerprint density at radius 3 is 2.91 bits per heavy atom. The van der Waals surface area contributed by atoms with E-state index in [0.717, 1.165) is 43.6 Å². The van der Waals surface area contributed by atoms with Crippen LogP contribution in [0.15, 0.2) is 24.3 Å². The highest BCUT2D eigenvalue weighted by Crippen LogP contribution is 2.21. The van der Waals surface area contributed by atoms with Crippen molar-refractivity contribution in [1.82, 2.24) is 4.90 Å². The first-order valence-corrected chi connectivity index (χ1v) is 8.39. The van der Waals surface area contributed by atoms with Crippen LogP contribution in [0.3, 0.4) is 0 Å². The van der Waals surface area contributed by atoms with Crippen LogP contribution >= 0.6 is 0 Å². The Labute approximate surface area is 133 Å². The van der Waals surface area contributed by atoms with Gasteiger partial charge >= 0.3 is 0 Å². The number of amides is 1. The minimum atomic E-state index is -0.278. The molecule has 0 saturated carbocycles. The molecule has 122 valence electrons. The summed E-state index contributed by atoms with van der Waals surface area (Å²) in [6.07, 6.45) is 4.34. The molecule has 1 fully saturated rings. The summed E-state index contributed by atoms with van der Waals surface area (Å²) in [5.74, 6) is 0.0459. The number of likely N-dealkylation sites (tertiary alicyclic amines) is 1. The van der Waals surface area contributed by atoms with Gasteiger partial charge in [-0.25, -0.2) is 0 Å². The van der Waals surface area contributed by atoms with E-state index in [4.69, 9.17) is 0 Å². The Bertz CT molecular complexity index is 490. The van der Waals surface area contributed by atoms with Crippen LogP contribution in [0.4, 0.5) is 5.69 Å². The Balaban J connectivity index is 1.85. The van der Waals surface area contributed by atoms with Crippen molar-refractivity contribution in [3.63, 3.8) is 0 Å². The number of piperidine rings is 1. The molecule has 1 aromatic carbocycles. The van der Waals surface area contributed by atoms with Crippen LogP contribution in [0.5, 0.6) is 0 Å². The van der Waals surface area contributed by atoms with Gasteiger partial charge in [-0.05, 0) is 44.4 Å². The first-order valence-electron chi connectivity index (χ1n) is 8.39. The fraction of sp³-hybridized carbons (Fsp3) is 0.611. The van der Waals surface area contributed by atoms with Crippen molar-refractivity contribution >= 4 is 11.6 Å². The largest absolute Gasteiger partial charge is 0.392 e. The molecule has 2 atom stereocenters. The first-order chi connectivity index (χ1) is 10.6. The highest BCUT2D eigenvalue weighted by molar-refractivity contribution is 5.91. The minimum absolute atomic E-state index is 0.0459. The molecule has 22 heavy (non-hydrogen) atoms. The van der Waals surface area contributed by atoms with E-state index in [-0.39, 0.29) is 18.1 Å². The van der Waals surface area contributed by atoms with Crippen molar-refractivity contribution in [3.05, 3.63) is 29.8 Å². The van der Waals surface area contributed by atoms with Crippen molar-refractivity contribution in [2.24, 2.45) is 0 Å². The molecule has 1 aromatic rings. The minimum Gasteiger partial charge on any atom is -0.392 e. The number of hydrogen-bond donors (Lipinski definition) is 2. The zero-order valence-electron chi connectivity index (χ0n) is 13.7. The van der Waals surface area contributed by atoms with Gasteiger partial charge in [-0.2, -0.15) is 0 Å². The zero-order valence-corrected chi connectivity index (χ0v) is 13.7. The average Bonchev–Trinajstić information content (AvgIpc) is 2.54. The standard InChI is InChI=1S/C18H28N2O2/c1-3-17(21)16-10-6-7-12-20(16)13-11-18(22)19-15-9-5-4-8-14(15)2/h4-5,8-9,16-17,21H,3,6-7,10-13H2,1-2H3,(H,19,22). The number of para-hydroxylation sites is 1. The number of anilines is 1. The van der Waals surface area contributed by atoms with Crippen molar-refractivity contribution in [2.75, 3.05) is 18.4 Å². The second kappa shape index (κ2) is 8.30. The van der Waals surface area contributed by atoms with Gasteiger partial charge in [0.25, 0.3) is 0 Å². The number of nitrogens with one attached hydrogen (secondary N) is 1. The molecule has 2 rings (SSSR count). The van der Waals surface area contributed by atoms with Gasteiger partial charge in [0.05, 0.1) is 6.10 Å². The summed E-state index contributed by atoms with van der Waals surface area (Å²) in [5, 5.41) is 13.1. The number of rotatable bonds is 6. The Morgan fingerprint density at radius 2 is 2.18 bits per heavy atom. The Hall–Kier alpha value is -1.39. The molecule has 1 saturated heterocycles. The lowest BCUT2D eigenvalue weighted by Crippen LogP contribution is -2.47.